The second kappa shape index (κ2) is 4.43. The van der Waals surface area contributed by atoms with E-state index in [9.17, 15) is 4.79 Å². The molecule has 19 heavy (non-hydrogen) atoms. The lowest BCUT2D eigenvalue weighted by Crippen LogP contribution is -2.06. The summed E-state index contributed by atoms with van der Waals surface area (Å²) in [5.41, 5.74) is 0.916. The van der Waals surface area contributed by atoms with Crippen LogP contribution in [0.5, 0.6) is 0 Å². The fourth-order valence-electron chi connectivity index (χ4n) is 1.75. The predicted molar refractivity (Wildman–Crippen MR) is 67.0 cm³/mol. The van der Waals surface area contributed by atoms with E-state index in [1.807, 2.05) is 0 Å². The molecule has 0 aliphatic heterocycles. The van der Waals surface area contributed by atoms with Crippen molar-refractivity contribution < 1.29 is 9.53 Å². The van der Waals surface area contributed by atoms with E-state index < -0.39 is 5.97 Å². The van der Waals surface area contributed by atoms with E-state index in [4.69, 9.17) is 16.3 Å². The molecule has 3 aromatic rings. The molecule has 0 aromatic carbocycles. The van der Waals surface area contributed by atoms with Crippen LogP contribution in [-0.4, -0.2) is 37.4 Å². The summed E-state index contributed by atoms with van der Waals surface area (Å²) in [7, 11) is 0. The molecule has 0 N–H and O–H groups in total. The Morgan fingerprint density at radius 3 is 3.16 bits per heavy atom. The first kappa shape index (κ1) is 11.8. The molecule has 3 rings (SSSR count). The Morgan fingerprint density at radius 2 is 2.37 bits per heavy atom. The maximum Gasteiger partial charge on any atom is 0.362 e. The van der Waals surface area contributed by atoms with Gasteiger partial charge in [-0.1, -0.05) is 16.8 Å². The van der Waals surface area contributed by atoms with E-state index >= 15 is 0 Å². The van der Waals surface area contributed by atoms with Crippen molar-refractivity contribution in [2.45, 2.75) is 6.92 Å². The number of carbonyl (C=O) groups is 1. The summed E-state index contributed by atoms with van der Waals surface area (Å²) < 4.78 is 6.31. The van der Waals surface area contributed by atoms with Gasteiger partial charge in [0.15, 0.2) is 5.65 Å². The number of ether oxygens (including phenoxy) is 1. The molecule has 96 valence electrons. The van der Waals surface area contributed by atoms with Gasteiger partial charge < -0.3 is 4.74 Å². The number of aromatic nitrogens is 5. The maximum atomic E-state index is 11.7. The van der Waals surface area contributed by atoms with Gasteiger partial charge in [-0.2, -0.15) is 4.52 Å². The van der Waals surface area contributed by atoms with Gasteiger partial charge in [-0.3, -0.25) is 4.98 Å². The van der Waals surface area contributed by atoms with Gasteiger partial charge in [-0.05, 0) is 13.0 Å². The molecule has 3 heterocycles. The van der Waals surface area contributed by atoms with Crippen molar-refractivity contribution in [1.29, 1.82) is 0 Å². The second-order valence-electron chi connectivity index (χ2n) is 3.69. The molecule has 0 atom stereocenters. The van der Waals surface area contributed by atoms with Crippen LogP contribution in [0.15, 0.2) is 18.5 Å². The number of nitrogens with zero attached hydrogens (tertiary/aromatic N) is 5. The molecule has 8 heteroatoms. The zero-order valence-corrected chi connectivity index (χ0v) is 10.6. The summed E-state index contributed by atoms with van der Waals surface area (Å²) in [5.74, 6) is -0.579. The molecule has 0 radical (unpaired) electrons. The molecule has 0 spiro atoms. The molecule has 7 nitrogen and oxygen atoms in total. The summed E-state index contributed by atoms with van der Waals surface area (Å²) in [4.78, 5) is 19.9. The Morgan fingerprint density at radius 1 is 1.53 bits per heavy atom. The molecule has 0 bridgehead atoms. The van der Waals surface area contributed by atoms with Crippen molar-refractivity contribution in [3.05, 3.63) is 29.3 Å². The van der Waals surface area contributed by atoms with Crippen molar-refractivity contribution in [3.63, 3.8) is 0 Å². The van der Waals surface area contributed by atoms with Crippen LogP contribution in [-0.2, 0) is 4.74 Å². The maximum absolute atomic E-state index is 11.7. The summed E-state index contributed by atoms with van der Waals surface area (Å²) >= 11 is 6.09. The average molecular weight is 278 g/mol. The largest absolute Gasteiger partial charge is 0.461 e. The van der Waals surface area contributed by atoms with Crippen LogP contribution in [0.1, 0.15) is 17.4 Å². The van der Waals surface area contributed by atoms with Crippen LogP contribution in [0.25, 0.3) is 16.6 Å². The van der Waals surface area contributed by atoms with Crippen molar-refractivity contribution in [2.24, 2.45) is 0 Å². The minimum atomic E-state index is -0.579. The highest BCUT2D eigenvalue weighted by atomic mass is 35.5. The average Bonchev–Trinajstić information content (AvgIpc) is 2.83. The van der Waals surface area contributed by atoms with Crippen molar-refractivity contribution in [2.75, 3.05) is 6.61 Å². The molecule has 3 aromatic heterocycles. The minimum Gasteiger partial charge on any atom is -0.461 e. The molecule has 0 aliphatic rings. The lowest BCUT2D eigenvalue weighted by molar-refractivity contribution is 0.0521. The zero-order chi connectivity index (χ0) is 13.4. The summed E-state index contributed by atoms with van der Waals surface area (Å²) in [6.45, 7) is 1.96. The number of rotatable bonds is 2. The van der Waals surface area contributed by atoms with Crippen LogP contribution < -0.4 is 0 Å². The number of halogens is 1. The fourth-order valence-corrected chi connectivity index (χ4v) is 1.99. The number of hydrogen-bond acceptors (Lipinski definition) is 6. The summed E-state index contributed by atoms with van der Waals surface area (Å²) in [5, 5.41) is 8.64. The van der Waals surface area contributed by atoms with E-state index in [-0.39, 0.29) is 23.1 Å². The highest BCUT2D eigenvalue weighted by molar-refractivity contribution is 6.34. The topological polar surface area (TPSA) is 82.3 Å². The van der Waals surface area contributed by atoms with Crippen molar-refractivity contribution in [1.82, 2.24) is 24.8 Å². The highest BCUT2D eigenvalue weighted by Gasteiger charge is 2.20. The minimum absolute atomic E-state index is 0.0366. The van der Waals surface area contributed by atoms with Crippen LogP contribution in [0.3, 0.4) is 0 Å². The Labute approximate surface area is 112 Å². The van der Waals surface area contributed by atoms with Crippen LogP contribution >= 0.6 is 11.6 Å². The molecular formula is C11H8ClN5O2. The standard InChI is InChI=1S/C11H8ClN5O2/c1-2-19-11(18)8-10-14-9(12)6-3-4-13-5-7(6)17(10)16-15-8/h3-5H,2H2,1H3. The first-order valence-corrected chi connectivity index (χ1v) is 5.92. The van der Waals surface area contributed by atoms with Gasteiger partial charge in [0.2, 0.25) is 5.69 Å². The molecule has 0 saturated carbocycles. The molecule has 0 saturated heterocycles. The Kier molecular flexibility index (Phi) is 2.75. The summed E-state index contributed by atoms with van der Waals surface area (Å²) in [6, 6.07) is 1.72. The van der Waals surface area contributed by atoms with E-state index in [1.165, 1.54) is 4.52 Å². The van der Waals surface area contributed by atoms with Gasteiger partial charge in [0.1, 0.15) is 5.15 Å². The number of hydrogen-bond donors (Lipinski definition) is 0. The van der Waals surface area contributed by atoms with E-state index in [1.54, 1.807) is 25.4 Å². The van der Waals surface area contributed by atoms with Gasteiger partial charge in [0.05, 0.1) is 18.3 Å². The van der Waals surface area contributed by atoms with Crippen LogP contribution in [0.4, 0.5) is 0 Å². The van der Waals surface area contributed by atoms with Gasteiger partial charge in [0.25, 0.3) is 0 Å². The molecule has 0 unspecified atom stereocenters. The van der Waals surface area contributed by atoms with E-state index in [0.717, 1.165) is 0 Å². The third kappa shape index (κ3) is 1.78. The third-order valence-electron chi connectivity index (χ3n) is 2.57. The van der Waals surface area contributed by atoms with Crippen molar-refractivity contribution in [3.8, 4) is 0 Å². The number of carbonyl (C=O) groups excluding carboxylic acids is 1. The van der Waals surface area contributed by atoms with Gasteiger partial charge in [0, 0.05) is 11.6 Å². The Hall–Kier alpha value is -2.28. The lowest BCUT2D eigenvalue weighted by Gasteiger charge is -2.02. The first-order chi connectivity index (χ1) is 9.22. The monoisotopic (exact) mass is 277 g/mol. The molecular weight excluding hydrogens is 270 g/mol. The van der Waals surface area contributed by atoms with Crippen LogP contribution in [0.2, 0.25) is 5.15 Å². The lowest BCUT2D eigenvalue weighted by atomic mass is 10.3. The van der Waals surface area contributed by atoms with Gasteiger partial charge >= 0.3 is 5.97 Å². The Balaban J connectivity index is 2.33. The third-order valence-corrected chi connectivity index (χ3v) is 2.86. The van der Waals surface area contributed by atoms with Crippen molar-refractivity contribution >= 4 is 34.1 Å². The quantitative estimate of drug-likeness (QED) is 0.521. The zero-order valence-electron chi connectivity index (χ0n) is 9.87. The molecule has 0 aliphatic carbocycles. The van der Waals surface area contributed by atoms with E-state index in [0.29, 0.717) is 10.9 Å². The van der Waals surface area contributed by atoms with Gasteiger partial charge in [-0.15, -0.1) is 5.10 Å². The fraction of sp³-hybridized carbons (Fsp3) is 0.182. The van der Waals surface area contributed by atoms with E-state index in [2.05, 4.69) is 20.3 Å². The first-order valence-electron chi connectivity index (χ1n) is 5.54. The SMILES string of the molecule is CCOC(=O)c1nnn2c1nc(Cl)c1ccncc12. The molecule has 0 amide bonds. The van der Waals surface area contributed by atoms with Crippen LogP contribution in [0, 0.1) is 0 Å². The second-order valence-corrected chi connectivity index (χ2v) is 4.05. The number of fused-ring (bicyclic) bond motifs is 3. The predicted octanol–water partition coefficient (Wildman–Crippen LogP) is 1.50. The summed E-state index contributed by atoms with van der Waals surface area (Å²) in [6.07, 6.45) is 3.18. The normalized spacial score (nSPS) is 11.1. The number of pyridine rings is 1. The van der Waals surface area contributed by atoms with Gasteiger partial charge in [-0.25, -0.2) is 9.78 Å². The highest BCUT2D eigenvalue weighted by Crippen LogP contribution is 2.22. The smallest absolute Gasteiger partial charge is 0.362 e. The number of esters is 1. The molecule has 0 fully saturated rings. The Bertz CT molecular complexity index is 785.